The molecule has 1 aliphatic carbocycles. The number of hydrogen-bond acceptors (Lipinski definition) is 5. The van der Waals surface area contributed by atoms with Gasteiger partial charge in [-0.1, -0.05) is 5.16 Å². The minimum atomic E-state index is -0.810. The molecule has 4 N–H and O–H groups in total. The maximum absolute atomic E-state index is 12.1. The molecule has 0 aliphatic heterocycles. The van der Waals surface area contributed by atoms with Crippen molar-refractivity contribution in [3.63, 3.8) is 0 Å². The second kappa shape index (κ2) is 4.56. The smallest absolute Gasteiger partial charge is 0.234 e. The van der Waals surface area contributed by atoms with Crippen molar-refractivity contribution >= 4 is 23.1 Å². The van der Waals surface area contributed by atoms with Crippen molar-refractivity contribution in [1.29, 1.82) is 0 Å². The lowest BCUT2D eigenvalue weighted by molar-refractivity contribution is -0.124. The molecule has 0 saturated heterocycles. The van der Waals surface area contributed by atoms with Gasteiger partial charge in [-0.05, 0) is 26.7 Å². The van der Waals surface area contributed by atoms with Crippen molar-refractivity contribution in [3.8, 4) is 0 Å². The van der Waals surface area contributed by atoms with Gasteiger partial charge in [-0.2, -0.15) is 0 Å². The highest BCUT2D eigenvalue weighted by Crippen LogP contribution is 2.46. The van der Waals surface area contributed by atoms with Crippen LogP contribution in [0.3, 0.4) is 0 Å². The number of oxime groups is 1. The maximum Gasteiger partial charge on any atom is 0.234 e. The Morgan fingerprint density at radius 2 is 2.39 bits per heavy atom. The van der Waals surface area contributed by atoms with Gasteiger partial charge >= 0.3 is 0 Å². The average Bonchev–Trinajstić information content (AvgIpc) is 3.05. The van der Waals surface area contributed by atoms with Crippen molar-refractivity contribution < 1.29 is 10.0 Å². The Kier molecular flexibility index (Phi) is 3.25. The van der Waals surface area contributed by atoms with Gasteiger partial charge in [-0.15, -0.1) is 11.3 Å². The molecule has 7 heteroatoms. The largest absolute Gasteiger partial charge is 0.409 e. The Labute approximate surface area is 109 Å². The predicted molar refractivity (Wildman–Crippen MR) is 68.5 cm³/mol. The van der Waals surface area contributed by atoms with Crippen LogP contribution in [0.2, 0.25) is 0 Å². The van der Waals surface area contributed by atoms with Crippen LogP contribution in [0.4, 0.5) is 0 Å². The summed E-state index contributed by atoms with van der Waals surface area (Å²) in [5, 5.41) is 15.4. The molecule has 1 atom stereocenters. The zero-order valence-electron chi connectivity index (χ0n) is 10.3. The van der Waals surface area contributed by atoms with E-state index in [2.05, 4.69) is 15.5 Å². The Bertz CT molecular complexity index is 493. The summed E-state index contributed by atoms with van der Waals surface area (Å²) in [5.41, 5.74) is 4.75. The van der Waals surface area contributed by atoms with E-state index in [9.17, 15) is 4.79 Å². The number of aryl methyl sites for hydroxylation is 1. The van der Waals surface area contributed by atoms with Gasteiger partial charge in [0.05, 0.1) is 6.04 Å². The Hall–Kier alpha value is -1.63. The zero-order chi connectivity index (χ0) is 13.3. The van der Waals surface area contributed by atoms with Crippen LogP contribution >= 0.6 is 11.3 Å². The topological polar surface area (TPSA) is 101 Å². The first kappa shape index (κ1) is 12.8. The van der Waals surface area contributed by atoms with Gasteiger partial charge in [-0.3, -0.25) is 4.79 Å². The molecule has 0 aromatic carbocycles. The highest BCUT2D eigenvalue weighted by Gasteiger charge is 2.54. The second-order valence-electron chi connectivity index (χ2n) is 4.57. The monoisotopic (exact) mass is 268 g/mol. The maximum atomic E-state index is 12.1. The van der Waals surface area contributed by atoms with Crippen LogP contribution in [0, 0.1) is 12.3 Å². The first-order chi connectivity index (χ1) is 8.49. The van der Waals surface area contributed by atoms with E-state index in [-0.39, 0.29) is 17.8 Å². The lowest BCUT2D eigenvalue weighted by atomic mass is 10.0. The lowest BCUT2D eigenvalue weighted by Crippen LogP contribution is -2.41. The van der Waals surface area contributed by atoms with Crippen molar-refractivity contribution in [2.75, 3.05) is 0 Å². The molecule has 1 aromatic heterocycles. The number of thiazole rings is 1. The number of rotatable bonds is 4. The number of nitrogens with two attached hydrogens (primary N) is 1. The number of carbonyl (C=O) groups excluding carboxylic acids is 1. The summed E-state index contributed by atoms with van der Waals surface area (Å²) in [7, 11) is 0. The van der Waals surface area contributed by atoms with E-state index in [4.69, 9.17) is 10.9 Å². The molecule has 1 saturated carbocycles. The van der Waals surface area contributed by atoms with Gasteiger partial charge in [0.25, 0.3) is 0 Å². The second-order valence-corrected chi connectivity index (χ2v) is 5.84. The number of amidine groups is 1. The number of carbonyl (C=O) groups is 1. The van der Waals surface area contributed by atoms with Gasteiger partial charge in [0.2, 0.25) is 5.91 Å². The lowest BCUT2D eigenvalue weighted by Gasteiger charge is -2.17. The number of aromatic nitrogens is 1. The van der Waals surface area contributed by atoms with E-state index in [0.717, 1.165) is 9.88 Å². The van der Waals surface area contributed by atoms with Gasteiger partial charge in [-0.25, -0.2) is 4.98 Å². The fourth-order valence-corrected chi connectivity index (χ4v) is 2.57. The molecular weight excluding hydrogens is 252 g/mol. The summed E-state index contributed by atoms with van der Waals surface area (Å²) in [6.45, 7) is 3.84. The van der Waals surface area contributed by atoms with Gasteiger partial charge in [0.15, 0.2) is 5.84 Å². The third-order valence-electron chi connectivity index (χ3n) is 3.14. The minimum absolute atomic E-state index is 0.0116. The van der Waals surface area contributed by atoms with E-state index in [0.29, 0.717) is 12.8 Å². The van der Waals surface area contributed by atoms with Crippen LogP contribution in [-0.2, 0) is 4.79 Å². The quantitative estimate of drug-likeness (QED) is 0.330. The molecule has 1 fully saturated rings. The average molecular weight is 268 g/mol. The first-order valence-corrected chi connectivity index (χ1v) is 6.52. The van der Waals surface area contributed by atoms with Crippen molar-refractivity contribution in [1.82, 2.24) is 10.3 Å². The summed E-state index contributed by atoms with van der Waals surface area (Å²) in [4.78, 5) is 17.4. The molecule has 1 aliphatic rings. The normalized spacial score (nSPS) is 19.3. The van der Waals surface area contributed by atoms with Gasteiger partial charge in [0.1, 0.15) is 10.4 Å². The Balaban J connectivity index is 2.04. The van der Waals surface area contributed by atoms with Crippen LogP contribution in [0.1, 0.15) is 35.7 Å². The molecule has 1 heterocycles. The molecular formula is C11H16N4O2S. The van der Waals surface area contributed by atoms with E-state index >= 15 is 0 Å². The van der Waals surface area contributed by atoms with Crippen LogP contribution < -0.4 is 11.1 Å². The third kappa shape index (κ3) is 2.17. The summed E-state index contributed by atoms with van der Waals surface area (Å²) >= 11 is 1.55. The summed E-state index contributed by atoms with van der Waals surface area (Å²) in [5.74, 6) is -0.208. The molecule has 0 radical (unpaired) electrons. The molecule has 1 amide bonds. The van der Waals surface area contributed by atoms with Crippen LogP contribution in [0.15, 0.2) is 11.4 Å². The molecule has 0 bridgehead atoms. The molecule has 2 rings (SSSR count). The predicted octanol–water partition coefficient (Wildman–Crippen LogP) is 1.16. The van der Waals surface area contributed by atoms with E-state index in [1.807, 2.05) is 13.8 Å². The number of hydrogen-bond donors (Lipinski definition) is 3. The fourth-order valence-electron chi connectivity index (χ4n) is 1.79. The molecule has 0 spiro atoms. The van der Waals surface area contributed by atoms with E-state index in [1.165, 1.54) is 0 Å². The number of nitrogens with zero attached hydrogens (tertiary/aromatic N) is 2. The Morgan fingerprint density at radius 3 is 2.83 bits per heavy atom. The molecule has 6 nitrogen and oxygen atoms in total. The standard InChI is InChI=1S/C11H16N4O2S/c1-6-5-13-8(18-6)7(2)14-10(16)11(3-4-11)9(12)15-17/h5,7,17H,3-4H2,1-2H3,(H2,12,15)(H,14,16). The molecule has 18 heavy (non-hydrogen) atoms. The van der Waals surface area contributed by atoms with Crippen molar-refractivity contribution in [3.05, 3.63) is 16.1 Å². The van der Waals surface area contributed by atoms with Crippen molar-refractivity contribution in [2.45, 2.75) is 32.7 Å². The zero-order valence-corrected chi connectivity index (χ0v) is 11.1. The minimum Gasteiger partial charge on any atom is -0.409 e. The highest BCUT2D eigenvalue weighted by atomic mass is 32.1. The number of amides is 1. The van der Waals surface area contributed by atoms with Crippen molar-refractivity contribution in [2.24, 2.45) is 16.3 Å². The summed E-state index contributed by atoms with van der Waals surface area (Å²) in [6.07, 6.45) is 3.02. The Morgan fingerprint density at radius 1 is 1.72 bits per heavy atom. The van der Waals surface area contributed by atoms with Crippen LogP contribution in [0.5, 0.6) is 0 Å². The summed E-state index contributed by atoms with van der Waals surface area (Å²) < 4.78 is 0. The fraction of sp³-hybridized carbons (Fsp3) is 0.545. The van der Waals surface area contributed by atoms with Gasteiger partial charge < -0.3 is 16.3 Å². The highest BCUT2D eigenvalue weighted by molar-refractivity contribution is 7.11. The summed E-state index contributed by atoms with van der Waals surface area (Å²) in [6, 6.07) is -0.167. The van der Waals surface area contributed by atoms with E-state index in [1.54, 1.807) is 17.5 Å². The van der Waals surface area contributed by atoms with E-state index < -0.39 is 5.41 Å². The molecule has 1 aromatic rings. The van der Waals surface area contributed by atoms with Gasteiger partial charge in [0, 0.05) is 11.1 Å². The molecule has 1 unspecified atom stereocenters. The molecule has 98 valence electrons. The van der Waals surface area contributed by atoms with Crippen LogP contribution in [-0.4, -0.2) is 21.9 Å². The van der Waals surface area contributed by atoms with Crippen LogP contribution in [0.25, 0.3) is 0 Å². The first-order valence-electron chi connectivity index (χ1n) is 5.71. The third-order valence-corrected chi connectivity index (χ3v) is 4.24. The number of nitrogens with one attached hydrogen (secondary N) is 1. The SMILES string of the molecule is Cc1cnc(C(C)NC(=O)C2(/C(N)=N/O)CC2)s1.